The van der Waals surface area contributed by atoms with Gasteiger partial charge in [0, 0.05) is 26.6 Å². The summed E-state index contributed by atoms with van der Waals surface area (Å²) in [5, 5.41) is 10.2. The second-order valence-electron chi connectivity index (χ2n) is 7.66. The van der Waals surface area contributed by atoms with Crippen LogP contribution in [0.1, 0.15) is 44.2 Å². The normalized spacial score (nSPS) is 24.3. The monoisotopic (exact) mass is 330 g/mol. The molecule has 1 unspecified atom stereocenters. The van der Waals surface area contributed by atoms with Gasteiger partial charge in [0.1, 0.15) is 0 Å². The van der Waals surface area contributed by atoms with Crippen molar-refractivity contribution in [1.29, 1.82) is 0 Å². The third kappa shape index (κ3) is 3.81. The van der Waals surface area contributed by atoms with E-state index in [1.165, 1.54) is 11.1 Å². The Morgan fingerprint density at radius 3 is 2.54 bits per heavy atom. The van der Waals surface area contributed by atoms with Gasteiger partial charge in [-0.3, -0.25) is 9.69 Å². The summed E-state index contributed by atoms with van der Waals surface area (Å²) in [5.74, 6) is 0.0902. The molecule has 2 aliphatic rings. The van der Waals surface area contributed by atoms with Gasteiger partial charge in [-0.05, 0) is 55.3 Å². The van der Waals surface area contributed by atoms with Crippen molar-refractivity contribution in [2.75, 3.05) is 26.2 Å². The van der Waals surface area contributed by atoms with Crippen molar-refractivity contribution in [3.63, 3.8) is 0 Å². The van der Waals surface area contributed by atoms with Gasteiger partial charge in [0.15, 0.2) is 0 Å². The molecule has 1 amide bonds. The van der Waals surface area contributed by atoms with Crippen LogP contribution in [-0.2, 0) is 17.8 Å². The number of likely N-dealkylation sites (tertiary alicyclic amines) is 2. The number of hydrogen-bond acceptors (Lipinski definition) is 3. The fourth-order valence-electron chi connectivity index (χ4n) is 4.44. The van der Waals surface area contributed by atoms with Crippen LogP contribution >= 0.6 is 0 Å². The summed E-state index contributed by atoms with van der Waals surface area (Å²) >= 11 is 0. The maximum absolute atomic E-state index is 11.8. The van der Waals surface area contributed by atoms with Gasteiger partial charge in [0.2, 0.25) is 5.91 Å². The molecule has 2 heterocycles. The Morgan fingerprint density at radius 1 is 1.25 bits per heavy atom. The molecule has 0 radical (unpaired) electrons. The molecule has 1 aromatic carbocycles. The van der Waals surface area contributed by atoms with E-state index in [1.807, 2.05) is 4.90 Å². The molecule has 0 saturated carbocycles. The summed E-state index contributed by atoms with van der Waals surface area (Å²) < 4.78 is 0. The standard InChI is InChI=1S/C20H30N2O2/c1-3-17-6-4-5-7-18(17)13-21-10-8-20(9-11-21)12-19(24)14-22(15-20)16(2)23/h4-7,19,24H,3,8-15H2,1-2H3. The summed E-state index contributed by atoms with van der Waals surface area (Å²) in [6.07, 6.45) is 3.70. The van der Waals surface area contributed by atoms with Crippen molar-refractivity contribution in [3.05, 3.63) is 35.4 Å². The highest BCUT2D eigenvalue weighted by Gasteiger charge is 2.42. The number of aryl methyl sites for hydroxylation is 1. The Balaban J connectivity index is 1.62. The molecule has 0 bridgehead atoms. The van der Waals surface area contributed by atoms with Crippen molar-refractivity contribution in [3.8, 4) is 0 Å². The minimum absolute atomic E-state index is 0.0902. The largest absolute Gasteiger partial charge is 0.391 e. The molecule has 1 N–H and O–H groups in total. The number of hydrogen-bond donors (Lipinski definition) is 1. The maximum atomic E-state index is 11.8. The first kappa shape index (κ1) is 17.4. The first-order valence-corrected chi connectivity index (χ1v) is 9.24. The molecule has 1 aromatic rings. The van der Waals surface area contributed by atoms with Gasteiger partial charge in [0.05, 0.1) is 6.10 Å². The van der Waals surface area contributed by atoms with Crippen LogP contribution in [0.5, 0.6) is 0 Å². The molecule has 0 aliphatic carbocycles. The lowest BCUT2D eigenvalue weighted by Crippen LogP contribution is -2.54. The van der Waals surface area contributed by atoms with E-state index in [1.54, 1.807) is 6.92 Å². The first-order chi connectivity index (χ1) is 11.5. The third-order valence-corrected chi connectivity index (χ3v) is 5.88. The summed E-state index contributed by atoms with van der Waals surface area (Å²) in [5.41, 5.74) is 2.99. The molecule has 4 nitrogen and oxygen atoms in total. The SMILES string of the molecule is CCc1ccccc1CN1CCC2(CC1)CC(O)CN(C(C)=O)C2. The van der Waals surface area contributed by atoms with E-state index >= 15 is 0 Å². The van der Waals surface area contributed by atoms with Gasteiger partial charge < -0.3 is 10.0 Å². The number of aliphatic hydroxyl groups is 1. The maximum Gasteiger partial charge on any atom is 0.219 e. The number of rotatable bonds is 3. The average Bonchev–Trinajstić information content (AvgIpc) is 2.57. The number of piperidine rings is 2. The van der Waals surface area contributed by atoms with Gasteiger partial charge in [-0.1, -0.05) is 31.2 Å². The number of nitrogens with zero attached hydrogens (tertiary/aromatic N) is 2. The lowest BCUT2D eigenvalue weighted by molar-refractivity contribution is -0.138. The van der Waals surface area contributed by atoms with Gasteiger partial charge in [0.25, 0.3) is 0 Å². The van der Waals surface area contributed by atoms with Crippen LogP contribution in [-0.4, -0.2) is 53.1 Å². The number of benzene rings is 1. The summed E-state index contributed by atoms with van der Waals surface area (Å²) in [7, 11) is 0. The van der Waals surface area contributed by atoms with Crippen molar-refractivity contribution >= 4 is 5.91 Å². The zero-order valence-electron chi connectivity index (χ0n) is 15.0. The smallest absolute Gasteiger partial charge is 0.219 e. The fourth-order valence-corrected chi connectivity index (χ4v) is 4.44. The Labute approximate surface area is 145 Å². The molecule has 3 rings (SSSR count). The zero-order valence-corrected chi connectivity index (χ0v) is 15.0. The number of aliphatic hydroxyl groups excluding tert-OH is 1. The average molecular weight is 330 g/mol. The van der Waals surface area contributed by atoms with E-state index in [0.29, 0.717) is 6.54 Å². The Kier molecular flexibility index (Phi) is 5.26. The van der Waals surface area contributed by atoms with Crippen molar-refractivity contribution in [2.45, 2.75) is 52.2 Å². The van der Waals surface area contributed by atoms with Crippen LogP contribution in [0.2, 0.25) is 0 Å². The minimum atomic E-state index is -0.366. The molecule has 1 spiro atoms. The van der Waals surface area contributed by atoms with Gasteiger partial charge in [-0.2, -0.15) is 0 Å². The Morgan fingerprint density at radius 2 is 1.92 bits per heavy atom. The van der Waals surface area contributed by atoms with Gasteiger partial charge in [-0.15, -0.1) is 0 Å². The van der Waals surface area contributed by atoms with Crippen molar-refractivity contribution in [1.82, 2.24) is 9.80 Å². The van der Waals surface area contributed by atoms with Crippen LogP contribution in [0.3, 0.4) is 0 Å². The topological polar surface area (TPSA) is 43.8 Å². The van der Waals surface area contributed by atoms with E-state index < -0.39 is 0 Å². The summed E-state index contributed by atoms with van der Waals surface area (Å²) in [6, 6.07) is 8.71. The predicted molar refractivity (Wildman–Crippen MR) is 95.6 cm³/mol. The lowest BCUT2D eigenvalue weighted by Gasteiger charge is -2.49. The van der Waals surface area contributed by atoms with E-state index in [4.69, 9.17) is 0 Å². The Hall–Kier alpha value is -1.39. The van der Waals surface area contributed by atoms with Gasteiger partial charge >= 0.3 is 0 Å². The highest BCUT2D eigenvalue weighted by Crippen LogP contribution is 2.40. The molecule has 24 heavy (non-hydrogen) atoms. The lowest BCUT2D eigenvalue weighted by atomic mass is 9.71. The number of carbonyl (C=O) groups excluding carboxylic acids is 1. The second kappa shape index (κ2) is 7.24. The molecular weight excluding hydrogens is 300 g/mol. The molecule has 2 fully saturated rings. The third-order valence-electron chi connectivity index (χ3n) is 5.88. The first-order valence-electron chi connectivity index (χ1n) is 9.24. The number of β-amino-alcohol motifs (C(OH)–C–C–N with tert-alkyl or cyclic N) is 1. The molecule has 0 aromatic heterocycles. The highest BCUT2D eigenvalue weighted by molar-refractivity contribution is 5.73. The zero-order chi connectivity index (χ0) is 17.2. The molecule has 1 atom stereocenters. The minimum Gasteiger partial charge on any atom is -0.391 e. The van der Waals surface area contributed by atoms with Crippen molar-refractivity contribution < 1.29 is 9.90 Å². The second-order valence-corrected chi connectivity index (χ2v) is 7.66. The molecule has 132 valence electrons. The van der Waals surface area contributed by atoms with Crippen LogP contribution in [0.4, 0.5) is 0 Å². The van der Waals surface area contributed by atoms with E-state index in [-0.39, 0.29) is 17.4 Å². The quantitative estimate of drug-likeness (QED) is 0.926. The van der Waals surface area contributed by atoms with E-state index in [2.05, 4.69) is 36.1 Å². The molecular formula is C20H30N2O2. The van der Waals surface area contributed by atoms with E-state index in [9.17, 15) is 9.90 Å². The molecule has 2 aliphatic heterocycles. The Bertz CT molecular complexity index is 579. The van der Waals surface area contributed by atoms with Crippen LogP contribution in [0.15, 0.2) is 24.3 Å². The van der Waals surface area contributed by atoms with Crippen molar-refractivity contribution in [2.24, 2.45) is 5.41 Å². The van der Waals surface area contributed by atoms with Crippen LogP contribution < -0.4 is 0 Å². The fraction of sp³-hybridized carbons (Fsp3) is 0.650. The summed E-state index contributed by atoms with van der Waals surface area (Å²) in [4.78, 5) is 16.1. The number of amides is 1. The predicted octanol–water partition coefficient (Wildman–Crippen LogP) is 2.44. The van der Waals surface area contributed by atoms with Gasteiger partial charge in [-0.25, -0.2) is 0 Å². The summed E-state index contributed by atoms with van der Waals surface area (Å²) in [6.45, 7) is 8.27. The van der Waals surface area contributed by atoms with Crippen LogP contribution in [0, 0.1) is 5.41 Å². The van der Waals surface area contributed by atoms with E-state index in [0.717, 1.165) is 51.9 Å². The number of carbonyl (C=O) groups is 1. The van der Waals surface area contributed by atoms with Crippen LogP contribution in [0.25, 0.3) is 0 Å². The highest BCUT2D eigenvalue weighted by atomic mass is 16.3. The molecule has 2 saturated heterocycles. The molecule has 4 heteroatoms.